The largest absolute Gasteiger partial charge is 0.441 e. The molecule has 90 valence electrons. The fourth-order valence-corrected chi connectivity index (χ4v) is 1.86. The zero-order chi connectivity index (χ0) is 12.4. The van der Waals surface area contributed by atoms with Crippen LogP contribution in [0.25, 0.3) is 11.1 Å². The molecule has 0 saturated heterocycles. The summed E-state index contributed by atoms with van der Waals surface area (Å²) in [6.45, 7) is 2.62. The number of nitrogens with one attached hydrogen (secondary N) is 1. The van der Waals surface area contributed by atoms with Crippen molar-refractivity contribution in [1.29, 1.82) is 0 Å². The molecule has 0 radical (unpaired) electrons. The molecule has 0 atom stereocenters. The zero-order valence-corrected chi connectivity index (χ0v) is 10.1. The van der Waals surface area contributed by atoms with Crippen molar-refractivity contribution in [2.45, 2.75) is 13.5 Å². The topological polar surface area (TPSA) is 51.0 Å². The molecule has 18 heavy (non-hydrogen) atoms. The summed E-state index contributed by atoms with van der Waals surface area (Å²) in [5.41, 5.74) is 3.93. The fraction of sp³-hybridized carbons (Fsp3) is 0.143. The molecular weight excluding hydrogens is 226 g/mol. The van der Waals surface area contributed by atoms with Gasteiger partial charge in [-0.1, -0.05) is 0 Å². The molecule has 0 spiro atoms. The van der Waals surface area contributed by atoms with Crippen molar-refractivity contribution >= 4 is 16.8 Å². The Labute approximate surface area is 105 Å². The first kappa shape index (κ1) is 10.8. The minimum absolute atomic E-state index is 0.691. The Kier molecular flexibility index (Phi) is 2.68. The van der Waals surface area contributed by atoms with Crippen molar-refractivity contribution in [3.05, 3.63) is 54.2 Å². The molecular formula is C14H13N3O. The van der Waals surface area contributed by atoms with E-state index in [1.54, 1.807) is 12.4 Å². The van der Waals surface area contributed by atoms with Crippen molar-refractivity contribution in [3.8, 4) is 0 Å². The first-order valence-electron chi connectivity index (χ1n) is 5.81. The van der Waals surface area contributed by atoms with Gasteiger partial charge in [0, 0.05) is 31.5 Å². The lowest BCUT2D eigenvalue weighted by molar-refractivity contribution is 0.561. The van der Waals surface area contributed by atoms with Crippen LogP contribution < -0.4 is 5.32 Å². The molecule has 3 rings (SSSR count). The molecule has 0 amide bonds. The minimum Gasteiger partial charge on any atom is -0.441 e. The number of rotatable bonds is 3. The predicted molar refractivity (Wildman–Crippen MR) is 70.3 cm³/mol. The van der Waals surface area contributed by atoms with Crippen LogP contribution in [0.3, 0.4) is 0 Å². The van der Waals surface area contributed by atoms with Crippen LogP contribution in [-0.4, -0.2) is 9.97 Å². The number of nitrogens with zero attached hydrogens (tertiary/aromatic N) is 2. The number of pyridine rings is 1. The lowest BCUT2D eigenvalue weighted by Crippen LogP contribution is -1.98. The highest BCUT2D eigenvalue weighted by molar-refractivity contribution is 5.77. The quantitative estimate of drug-likeness (QED) is 0.762. The van der Waals surface area contributed by atoms with E-state index in [1.165, 1.54) is 5.56 Å². The van der Waals surface area contributed by atoms with Gasteiger partial charge in [0.25, 0.3) is 0 Å². The van der Waals surface area contributed by atoms with Gasteiger partial charge in [0.15, 0.2) is 11.5 Å². The van der Waals surface area contributed by atoms with E-state index in [1.807, 2.05) is 37.3 Å². The zero-order valence-electron chi connectivity index (χ0n) is 10.1. The van der Waals surface area contributed by atoms with Gasteiger partial charge in [0.1, 0.15) is 5.52 Å². The van der Waals surface area contributed by atoms with Gasteiger partial charge in [0.05, 0.1) is 0 Å². The van der Waals surface area contributed by atoms with Crippen LogP contribution in [0.1, 0.15) is 11.5 Å². The number of fused-ring (bicyclic) bond motifs is 1. The normalized spacial score (nSPS) is 10.7. The third kappa shape index (κ3) is 2.18. The lowest BCUT2D eigenvalue weighted by Gasteiger charge is -2.05. The Balaban J connectivity index is 1.78. The number of aryl methyl sites for hydroxylation is 1. The van der Waals surface area contributed by atoms with E-state index in [9.17, 15) is 0 Å². The second-order valence-corrected chi connectivity index (χ2v) is 4.12. The summed E-state index contributed by atoms with van der Waals surface area (Å²) in [4.78, 5) is 8.31. The van der Waals surface area contributed by atoms with Crippen LogP contribution in [0.4, 0.5) is 5.69 Å². The molecule has 2 aromatic heterocycles. The third-order valence-electron chi connectivity index (χ3n) is 2.74. The van der Waals surface area contributed by atoms with Crippen molar-refractivity contribution in [2.75, 3.05) is 5.32 Å². The van der Waals surface area contributed by atoms with Gasteiger partial charge < -0.3 is 9.73 Å². The summed E-state index contributed by atoms with van der Waals surface area (Å²) in [7, 11) is 0. The average molecular weight is 239 g/mol. The molecule has 3 aromatic rings. The first-order valence-corrected chi connectivity index (χ1v) is 5.81. The molecule has 0 unspecified atom stereocenters. The third-order valence-corrected chi connectivity index (χ3v) is 2.74. The summed E-state index contributed by atoms with van der Waals surface area (Å²) in [6.07, 6.45) is 3.59. The molecule has 4 nitrogen and oxygen atoms in total. The average Bonchev–Trinajstić information content (AvgIpc) is 2.77. The van der Waals surface area contributed by atoms with Crippen LogP contribution in [0.5, 0.6) is 0 Å². The van der Waals surface area contributed by atoms with Gasteiger partial charge in [-0.2, -0.15) is 0 Å². The minimum atomic E-state index is 0.691. The van der Waals surface area contributed by atoms with E-state index >= 15 is 0 Å². The van der Waals surface area contributed by atoms with E-state index in [4.69, 9.17) is 4.42 Å². The van der Waals surface area contributed by atoms with Gasteiger partial charge in [-0.25, -0.2) is 4.98 Å². The van der Waals surface area contributed by atoms with Gasteiger partial charge in [-0.3, -0.25) is 4.98 Å². The Morgan fingerprint density at radius 3 is 2.83 bits per heavy atom. The highest BCUT2D eigenvalue weighted by atomic mass is 16.3. The predicted octanol–water partition coefficient (Wildman–Crippen LogP) is 3.14. The van der Waals surface area contributed by atoms with Gasteiger partial charge >= 0.3 is 0 Å². The molecule has 2 heterocycles. The standard InChI is InChI=1S/C14H13N3O/c1-10-17-13-8-12(2-3-14(13)18-10)16-9-11-4-6-15-7-5-11/h2-8,16H,9H2,1H3. The highest BCUT2D eigenvalue weighted by Crippen LogP contribution is 2.20. The van der Waals surface area contributed by atoms with Crippen molar-refractivity contribution in [2.24, 2.45) is 0 Å². The summed E-state index contributed by atoms with van der Waals surface area (Å²) in [5, 5.41) is 3.35. The van der Waals surface area contributed by atoms with Gasteiger partial charge in [-0.05, 0) is 35.9 Å². The Bertz CT molecular complexity index is 661. The Morgan fingerprint density at radius 1 is 1.17 bits per heavy atom. The maximum atomic E-state index is 5.44. The number of hydrogen-bond acceptors (Lipinski definition) is 4. The highest BCUT2D eigenvalue weighted by Gasteiger charge is 2.02. The van der Waals surface area contributed by atoms with Crippen LogP contribution in [0.2, 0.25) is 0 Å². The molecule has 1 N–H and O–H groups in total. The maximum Gasteiger partial charge on any atom is 0.192 e. The van der Waals surface area contributed by atoms with Crippen LogP contribution in [0.15, 0.2) is 47.1 Å². The second-order valence-electron chi connectivity index (χ2n) is 4.12. The number of aromatic nitrogens is 2. The maximum absolute atomic E-state index is 5.44. The lowest BCUT2D eigenvalue weighted by atomic mass is 10.2. The molecule has 0 fully saturated rings. The Morgan fingerprint density at radius 2 is 2.00 bits per heavy atom. The number of oxazole rings is 1. The number of hydrogen-bond donors (Lipinski definition) is 1. The number of anilines is 1. The summed E-state index contributed by atoms with van der Waals surface area (Å²) in [5.74, 6) is 0.691. The van der Waals surface area contributed by atoms with Crippen molar-refractivity contribution in [1.82, 2.24) is 9.97 Å². The van der Waals surface area contributed by atoms with Crippen LogP contribution in [0, 0.1) is 6.92 Å². The molecule has 0 aliphatic rings. The van der Waals surface area contributed by atoms with Gasteiger partial charge in [0.2, 0.25) is 0 Å². The van der Waals surface area contributed by atoms with Crippen molar-refractivity contribution < 1.29 is 4.42 Å². The summed E-state index contributed by atoms with van der Waals surface area (Å²) >= 11 is 0. The van der Waals surface area contributed by atoms with E-state index in [2.05, 4.69) is 15.3 Å². The van der Waals surface area contributed by atoms with E-state index < -0.39 is 0 Å². The fourth-order valence-electron chi connectivity index (χ4n) is 1.86. The smallest absolute Gasteiger partial charge is 0.192 e. The molecule has 0 aliphatic heterocycles. The number of benzene rings is 1. The van der Waals surface area contributed by atoms with E-state index in [0.29, 0.717) is 5.89 Å². The molecule has 0 aliphatic carbocycles. The molecule has 4 heteroatoms. The molecule has 0 saturated carbocycles. The molecule has 1 aromatic carbocycles. The first-order chi connectivity index (χ1) is 8.81. The van der Waals surface area contributed by atoms with Crippen LogP contribution in [-0.2, 0) is 6.54 Å². The van der Waals surface area contributed by atoms with E-state index in [0.717, 1.165) is 23.3 Å². The Hall–Kier alpha value is -2.36. The molecule has 0 bridgehead atoms. The van der Waals surface area contributed by atoms with Gasteiger partial charge in [-0.15, -0.1) is 0 Å². The van der Waals surface area contributed by atoms with Crippen LogP contribution >= 0.6 is 0 Å². The SMILES string of the molecule is Cc1nc2cc(NCc3ccncc3)ccc2o1. The van der Waals surface area contributed by atoms with E-state index in [-0.39, 0.29) is 0 Å². The second kappa shape index (κ2) is 4.49. The monoisotopic (exact) mass is 239 g/mol. The van der Waals surface area contributed by atoms with Crippen molar-refractivity contribution in [3.63, 3.8) is 0 Å². The summed E-state index contributed by atoms with van der Waals surface area (Å²) < 4.78 is 5.44. The summed E-state index contributed by atoms with van der Waals surface area (Å²) in [6, 6.07) is 9.91.